The zero-order valence-corrected chi connectivity index (χ0v) is 12.2. The quantitative estimate of drug-likeness (QED) is 0.907. The van der Waals surface area contributed by atoms with Gasteiger partial charge in [-0.05, 0) is 28.1 Å². The van der Waals surface area contributed by atoms with Crippen molar-refractivity contribution in [2.75, 3.05) is 5.32 Å². The van der Waals surface area contributed by atoms with Crippen LogP contribution < -0.4 is 10.1 Å². The van der Waals surface area contributed by atoms with E-state index in [1.807, 2.05) is 0 Å². The van der Waals surface area contributed by atoms with Gasteiger partial charge < -0.3 is 10.1 Å². The first-order valence-corrected chi connectivity index (χ1v) is 6.41. The number of halogens is 4. The van der Waals surface area contributed by atoms with Crippen LogP contribution >= 0.6 is 15.9 Å². The second-order valence-corrected chi connectivity index (χ2v) is 4.83. The van der Waals surface area contributed by atoms with E-state index in [2.05, 4.69) is 31.1 Å². The molecule has 0 atom stereocenters. The Bertz CT molecular complexity index is 676. The molecule has 0 saturated heterocycles. The van der Waals surface area contributed by atoms with Crippen LogP contribution in [0.25, 0.3) is 0 Å². The Labute approximate surface area is 125 Å². The Kier molecular flexibility index (Phi) is 4.51. The molecule has 0 bridgehead atoms. The van der Waals surface area contributed by atoms with Crippen LogP contribution in [0.2, 0.25) is 0 Å². The number of amides is 1. The van der Waals surface area contributed by atoms with Crippen LogP contribution in [0.4, 0.5) is 18.9 Å². The Balaban J connectivity index is 2.26. The molecule has 5 nitrogen and oxygen atoms in total. The molecule has 1 N–H and O–H groups in total. The van der Waals surface area contributed by atoms with E-state index in [1.165, 1.54) is 4.68 Å². The van der Waals surface area contributed by atoms with Crippen molar-refractivity contribution in [1.29, 1.82) is 0 Å². The molecule has 1 aromatic carbocycles. The van der Waals surface area contributed by atoms with E-state index < -0.39 is 24.1 Å². The van der Waals surface area contributed by atoms with Crippen LogP contribution in [0.3, 0.4) is 0 Å². The largest absolute Gasteiger partial charge is 0.432 e. The summed E-state index contributed by atoms with van der Waals surface area (Å²) in [5.41, 5.74) is -0.0240. The SMILES string of the molecule is Cn1cc(Br)c(C(=O)Nc2ccc(F)cc2OC(F)F)n1. The van der Waals surface area contributed by atoms with Gasteiger partial charge in [-0.25, -0.2) is 4.39 Å². The number of aromatic nitrogens is 2. The predicted octanol–water partition coefficient (Wildman–Crippen LogP) is 3.18. The third-order valence-electron chi connectivity index (χ3n) is 2.41. The molecule has 2 aromatic rings. The Morgan fingerprint density at radius 2 is 2.19 bits per heavy atom. The van der Waals surface area contributed by atoms with Crippen molar-refractivity contribution in [2.24, 2.45) is 7.05 Å². The summed E-state index contributed by atoms with van der Waals surface area (Å²) in [6, 6.07) is 2.90. The third-order valence-corrected chi connectivity index (χ3v) is 2.99. The maximum atomic E-state index is 13.1. The number of rotatable bonds is 4. The van der Waals surface area contributed by atoms with Gasteiger partial charge in [-0.3, -0.25) is 9.48 Å². The van der Waals surface area contributed by atoms with Gasteiger partial charge in [0.05, 0.1) is 10.2 Å². The standard InChI is InChI=1S/C12H9BrF3N3O2/c1-19-5-7(13)10(18-19)11(20)17-8-3-2-6(14)4-9(8)21-12(15)16/h2-5,12H,1H3,(H,17,20). The van der Waals surface area contributed by atoms with Gasteiger partial charge >= 0.3 is 6.61 Å². The van der Waals surface area contributed by atoms with Gasteiger partial charge in [0.25, 0.3) is 5.91 Å². The van der Waals surface area contributed by atoms with E-state index in [4.69, 9.17) is 0 Å². The van der Waals surface area contributed by atoms with Gasteiger partial charge in [0.2, 0.25) is 0 Å². The molecule has 0 fully saturated rings. The monoisotopic (exact) mass is 363 g/mol. The second kappa shape index (κ2) is 6.17. The molecule has 1 heterocycles. The summed E-state index contributed by atoms with van der Waals surface area (Å²) in [6.07, 6.45) is 1.55. The van der Waals surface area contributed by atoms with Crippen LogP contribution in [0.15, 0.2) is 28.9 Å². The van der Waals surface area contributed by atoms with Crippen molar-refractivity contribution in [3.05, 3.63) is 40.4 Å². The predicted molar refractivity (Wildman–Crippen MR) is 71.9 cm³/mol. The van der Waals surface area contributed by atoms with Crippen LogP contribution in [-0.4, -0.2) is 22.3 Å². The summed E-state index contributed by atoms with van der Waals surface area (Å²) in [5, 5.41) is 6.25. The fourth-order valence-corrected chi connectivity index (χ4v) is 2.14. The van der Waals surface area contributed by atoms with Crippen LogP contribution in [0, 0.1) is 5.82 Å². The molecule has 0 saturated carbocycles. The maximum Gasteiger partial charge on any atom is 0.387 e. The summed E-state index contributed by atoms with van der Waals surface area (Å²) in [7, 11) is 1.62. The lowest BCUT2D eigenvalue weighted by molar-refractivity contribution is -0.0495. The minimum atomic E-state index is -3.14. The number of ether oxygens (including phenoxy) is 1. The average Bonchev–Trinajstić information content (AvgIpc) is 2.71. The molecule has 0 aliphatic carbocycles. The number of alkyl halides is 2. The van der Waals surface area contributed by atoms with E-state index in [0.717, 1.165) is 18.2 Å². The van der Waals surface area contributed by atoms with Crippen molar-refractivity contribution >= 4 is 27.5 Å². The van der Waals surface area contributed by atoms with Crippen molar-refractivity contribution < 1.29 is 22.7 Å². The molecule has 1 amide bonds. The highest BCUT2D eigenvalue weighted by molar-refractivity contribution is 9.10. The fraction of sp³-hybridized carbons (Fsp3) is 0.167. The number of hydrogen-bond donors (Lipinski definition) is 1. The maximum absolute atomic E-state index is 13.1. The summed E-state index contributed by atoms with van der Waals surface area (Å²) in [5.74, 6) is -1.87. The average molecular weight is 364 g/mol. The molecule has 112 valence electrons. The number of aryl methyl sites for hydroxylation is 1. The molecule has 0 radical (unpaired) electrons. The van der Waals surface area contributed by atoms with Gasteiger partial charge in [-0.2, -0.15) is 13.9 Å². The first-order chi connectivity index (χ1) is 9.86. The van der Waals surface area contributed by atoms with Crippen molar-refractivity contribution in [3.8, 4) is 5.75 Å². The molecule has 0 spiro atoms. The van der Waals surface area contributed by atoms with Gasteiger partial charge in [-0.15, -0.1) is 0 Å². The van der Waals surface area contributed by atoms with E-state index in [0.29, 0.717) is 4.47 Å². The summed E-state index contributed by atoms with van der Waals surface area (Å²) in [4.78, 5) is 12.0. The Morgan fingerprint density at radius 3 is 2.76 bits per heavy atom. The van der Waals surface area contributed by atoms with Crippen LogP contribution in [0.1, 0.15) is 10.5 Å². The van der Waals surface area contributed by atoms with Crippen molar-refractivity contribution in [2.45, 2.75) is 6.61 Å². The number of carbonyl (C=O) groups is 1. The lowest BCUT2D eigenvalue weighted by atomic mass is 10.2. The molecule has 1 aromatic heterocycles. The van der Waals surface area contributed by atoms with Gasteiger partial charge in [-0.1, -0.05) is 0 Å². The normalized spacial score (nSPS) is 10.8. The highest BCUT2D eigenvalue weighted by Crippen LogP contribution is 2.28. The zero-order valence-electron chi connectivity index (χ0n) is 10.6. The van der Waals surface area contributed by atoms with Gasteiger partial charge in [0, 0.05) is 19.3 Å². The van der Waals surface area contributed by atoms with Crippen LogP contribution in [0.5, 0.6) is 5.75 Å². The third kappa shape index (κ3) is 3.75. The summed E-state index contributed by atoms with van der Waals surface area (Å²) in [6.45, 7) is -3.14. The van der Waals surface area contributed by atoms with Gasteiger partial charge in [0.15, 0.2) is 11.4 Å². The number of anilines is 1. The summed E-state index contributed by atoms with van der Waals surface area (Å²) >= 11 is 3.15. The van der Waals surface area contributed by atoms with Crippen LogP contribution in [-0.2, 0) is 7.05 Å². The van der Waals surface area contributed by atoms with E-state index in [1.54, 1.807) is 13.2 Å². The minimum Gasteiger partial charge on any atom is -0.432 e. The van der Waals surface area contributed by atoms with E-state index >= 15 is 0 Å². The Morgan fingerprint density at radius 1 is 1.48 bits per heavy atom. The topological polar surface area (TPSA) is 56.2 Å². The highest BCUT2D eigenvalue weighted by Gasteiger charge is 2.18. The molecule has 21 heavy (non-hydrogen) atoms. The molecule has 0 aliphatic rings. The first-order valence-electron chi connectivity index (χ1n) is 5.61. The van der Waals surface area contributed by atoms with Crippen molar-refractivity contribution in [3.63, 3.8) is 0 Å². The Hall–Kier alpha value is -2.03. The molecule has 9 heteroatoms. The first kappa shape index (κ1) is 15.4. The minimum absolute atomic E-state index is 0.0600. The van der Waals surface area contributed by atoms with E-state index in [-0.39, 0.29) is 11.4 Å². The number of carbonyl (C=O) groups excluding carboxylic acids is 1. The number of nitrogens with one attached hydrogen (secondary N) is 1. The smallest absolute Gasteiger partial charge is 0.387 e. The molecule has 0 unspecified atom stereocenters. The highest BCUT2D eigenvalue weighted by atomic mass is 79.9. The lowest BCUT2D eigenvalue weighted by Gasteiger charge is -2.11. The molecular formula is C12H9BrF3N3O2. The fourth-order valence-electron chi connectivity index (χ4n) is 1.59. The van der Waals surface area contributed by atoms with Crippen molar-refractivity contribution in [1.82, 2.24) is 9.78 Å². The molecule has 0 aliphatic heterocycles. The lowest BCUT2D eigenvalue weighted by Crippen LogP contribution is -2.15. The zero-order chi connectivity index (χ0) is 15.6. The molecule has 2 rings (SSSR count). The second-order valence-electron chi connectivity index (χ2n) is 3.97. The number of benzene rings is 1. The van der Waals surface area contributed by atoms with Gasteiger partial charge in [0.1, 0.15) is 5.82 Å². The number of nitrogens with zero attached hydrogens (tertiary/aromatic N) is 2. The summed E-state index contributed by atoms with van der Waals surface area (Å²) < 4.78 is 43.6. The number of hydrogen-bond acceptors (Lipinski definition) is 3. The van der Waals surface area contributed by atoms with E-state index in [9.17, 15) is 18.0 Å². The molecular weight excluding hydrogens is 355 g/mol.